The zero-order valence-corrected chi connectivity index (χ0v) is 13.6. The molecule has 2 amide bonds. The molecule has 24 heavy (non-hydrogen) atoms. The fourth-order valence-corrected chi connectivity index (χ4v) is 2.70. The summed E-state index contributed by atoms with van der Waals surface area (Å²) < 4.78 is 5.26. The minimum Gasteiger partial charge on any atom is -0.481 e. The summed E-state index contributed by atoms with van der Waals surface area (Å²) in [6.45, 7) is 2.38. The van der Waals surface area contributed by atoms with E-state index < -0.39 is 23.5 Å². The van der Waals surface area contributed by atoms with Gasteiger partial charge in [0.25, 0.3) is 5.91 Å². The first-order valence-electron chi connectivity index (χ1n) is 7.89. The van der Waals surface area contributed by atoms with E-state index in [1.165, 1.54) is 0 Å². The minimum absolute atomic E-state index is 0.165. The van der Waals surface area contributed by atoms with E-state index in [-0.39, 0.29) is 12.3 Å². The van der Waals surface area contributed by atoms with Gasteiger partial charge in [-0.25, -0.2) is 0 Å². The Kier molecular flexibility index (Phi) is 5.92. The van der Waals surface area contributed by atoms with Crippen molar-refractivity contribution in [3.05, 3.63) is 35.9 Å². The topological polar surface area (TPSA) is 105 Å². The standard InChI is InChI=1S/C17H22N2O5/c1-12(18-16(23)13-5-3-2-4-6-13)15(22)19-17(11-14(20)21)7-9-24-10-8-17/h2-6,12H,7-11H2,1H3,(H,18,23)(H,19,22)(H,20,21). The molecule has 1 saturated heterocycles. The number of carbonyl (C=O) groups excluding carboxylic acids is 2. The molecular weight excluding hydrogens is 312 g/mol. The summed E-state index contributed by atoms with van der Waals surface area (Å²) in [6.07, 6.45) is 0.705. The van der Waals surface area contributed by atoms with Gasteiger partial charge in [0.2, 0.25) is 5.91 Å². The van der Waals surface area contributed by atoms with E-state index in [4.69, 9.17) is 9.84 Å². The van der Waals surface area contributed by atoms with Crippen molar-refractivity contribution in [3.8, 4) is 0 Å². The van der Waals surface area contributed by atoms with Crippen molar-refractivity contribution < 1.29 is 24.2 Å². The second-order valence-corrected chi connectivity index (χ2v) is 6.01. The molecule has 2 rings (SSSR count). The Hall–Kier alpha value is -2.41. The van der Waals surface area contributed by atoms with Gasteiger partial charge in [0, 0.05) is 18.8 Å². The van der Waals surface area contributed by atoms with E-state index in [0.717, 1.165) is 0 Å². The Morgan fingerprint density at radius 2 is 1.83 bits per heavy atom. The van der Waals surface area contributed by atoms with Gasteiger partial charge in [-0.3, -0.25) is 14.4 Å². The van der Waals surface area contributed by atoms with Gasteiger partial charge in [-0.15, -0.1) is 0 Å². The van der Waals surface area contributed by atoms with Gasteiger partial charge in [0.05, 0.1) is 12.0 Å². The van der Waals surface area contributed by atoms with Gasteiger partial charge >= 0.3 is 5.97 Å². The maximum absolute atomic E-state index is 12.4. The Morgan fingerprint density at radius 1 is 1.21 bits per heavy atom. The number of carbonyl (C=O) groups is 3. The van der Waals surface area contributed by atoms with Crippen molar-refractivity contribution in [1.82, 2.24) is 10.6 Å². The Morgan fingerprint density at radius 3 is 2.42 bits per heavy atom. The number of aliphatic carboxylic acids is 1. The van der Waals surface area contributed by atoms with Crippen LogP contribution < -0.4 is 10.6 Å². The molecule has 1 atom stereocenters. The summed E-state index contributed by atoms with van der Waals surface area (Å²) in [5.74, 6) is -1.72. The lowest BCUT2D eigenvalue weighted by atomic mass is 9.86. The van der Waals surface area contributed by atoms with E-state index in [2.05, 4.69) is 10.6 Å². The van der Waals surface area contributed by atoms with Crippen LogP contribution in [0.15, 0.2) is 30.3 Å². The highest BCUT2D eigenvalue weighted by atomic mass is 16.5. The lowest BCUT2D eigenvalue weighted by Gasteiger charge is -2.37. The molecule has 0 spiro atoms. The summed E-state index contributed by atoms with van der Waals surface area (Å²) in [6, 6.07) is 7.82. The number of hydrogen-bond donors (Lipinski definition) is 3. The highest BCUT2D eigenvalue weighted by Crippen LogP contribution is 2.24. The molecule has 1 heterocycles. The van der Waals surface area contributed by atoms with Crippen LogP contribution in [0.25, 0.3) is 0 Å². The molecule has 7 heteroatoms. The minimum atomic E-state index is -0.974. The molecule has 1 aliphatic heterocycles. The molecule has 7 nitrogen and oxygen atoms in total. The van der Waals surface area contributed by atoms with Crippen LogP contribution in [0.4, 0.5) is 0 Å². The summed E-state index contributed by atoms with van der Waals surface area (Å²) in [5.41, 5.74) is -0.365. The fourth-order valence-electron chi connectivity index (χ4n) is 2.70. The second-order valence-electron chi connectivity index (χ2n) is 6.01. The quantitative estimate of drug-likeness (QED) is 0.718. The molecule has 1 aromatic rings. The van der Waals surface area contributed by atoms with Gasteiger partial charge in [0.15, 0.2) is 0 Å². The lowest BCUT2D eigenvalue weighted by molar-refractivity contribution is -0.140. The smallest absolute Gasteiger partial charge is 0.305 e. The number of amides is 2. The van der Waals surface area contributed by atoms with E-state index in [0.29, 0.717) is 31.6 Å². The molecule has 1 fully saturated rings. The van der Waals surface area contributed by atoms with E-state index in [1.807, 2.05) is 0 Å². The molecule has 1 unspecified atom stereocenters. The number of carboxylic acids is 1. The predicted molar refractivity (Wildman–Crippen MR) is 86.5 cm³/mol. The van der Waals surface area contributed by atoms with Gasteiger partial charge in [-0.05, 0) is 31.9 Å². The molecule has 0 saturated carbocycles. The van der Waals surface area contributed by atoms with Gasteiger partial charge in [0.1, 0.15) is 6.04 Å². The second kappa shape index (κ2) is 7.92. The molecular formula is C17H22N2O5. The number of rotatable bonds is 6. The highest BCUT2D eigenvalue weighted by molar-refractivity contribution is 5.97. The largest absolute Gasteiger partial charge is 0.481 e. The van der Waals surface area contributed by atoms with Crippen LogP contribution in [0, 0.1) is 0 Å². The van der Waals surface area contributed by atoms with E-state index in [1.54, 1.807) is 37.3 Å². The zero-order valence-electron chi connectivity index (χ0n) is 13.6. The Bertz CT molecular complexity index is 596. The van der Waals surface area contributed by atoms with Gasteiger partial charge in [-0.1, -0.05) is 18.2 Å². The number of hydrogen-bond acceptors (Lipinski definition) is 4. The highest BCUT2D eigenvalue weighted by Gasteiger charge is 2.37. The number of benzene rings is 1. The first-order chi connectivity index (χ1) is 11.4. The normalized spacial score (nSPS) is 17.5. The van der Waals surface area contributed by atoms with Crippen molar-refractivity contribution in [1.29, 1.82) is 0 Å². The predicted octanol–water partition coefficient (Wildman–Crippen LogP) is 0.945. The van der Waals surface area contributed by atoms with Crippen LogP contribution in [-0.4, -0.2) is 47.7 Å². The summed E-state index contributed by atoms with van der Waals surface area (Å²) in [5, 5.41) is 14.5. The monoisotopic (exact) mass is 334 g/mol. The van der Waals surface area contributed by atoms with Crippen molar-refractivity contribution in [2.75, 3.05) is 13.2 Å². The third-order valence-corrected chi connectivity index (χ3v) is 4.10. The number of nitrogens with one attached hydrogen (secondary N) is 2. The van der Waals surface area contributed by atoms with Crippen LogP contribution in [0.1, 0.15) is 36.5 Å². The maximum Gasteiger partial charge on any atom is 0.305 e. The first kappa shape index (κ1) is 17.9. The molecule has 0 aliphatic carbocycles. The molecule has 0 radical (unpaired) electrons. The van der Waals surface area contributed by atoms with Crippen molar-refractivity contribution >= 4 is 17.8 Å². The summed E-state index contributed by atoms with van der Waals surface area (Å²) >= 11 is 0. The average Bonchev–Trinajstić information content (AvgIpc) is 2.55. The van der Waals surface area contributed by atoms with Crippen LogP contribution in [0.5, 0.6) is 0 Å². The molecule has 0 bridgehead atoms. The van der Waals surface area contributed by atoms with E-state index in [9.17, 15) is 14.4 Å². The van der Waals surface area contributed by atoms with Crippen molar-refractivity contribution in [3.63, 3.8) is 0 Å². The Balaban J connectivity index is 1.98. The lowest BCUT2D eigenvalue weighted by Crippen LogP contribution is -2.57. The summed E-state index contributed by atoms with van der Waals surface area (Å²) in [4.78, 5) is 35.6. The average molecular weight is 334 g/mol. The fraction of sp³-hybridized carbons (Fsp3) is 0.471. The molecule has 0 aromatic heterocycles. The van der Waals surface area contributed by atoms with Crippen LogP contribution in [0.2, 0.25) is 0 Å². The number of ether oxygens (including phenoxy) is 1. The summed E-state index contributed by atoms with van der Waals surface area (Å²) in [7, 11) is 0. The van der Waals surface area contributed by atoms with Gasteiger partial charge in [-0.2, -0.15) is 0 Å². The van der Waals surface area contributed by atoms with Crippen LogP contribution in [0.3, 0.4) is 0 Å². The van der Waals surface area contributed by atoms with Crippen LogP contribution >= 0.6 is 0 Å². The van der Waals surface area contributed by atoms with E-state index >= 15 is 0 Å². The molecule has 130 valence electrons. The number of carboxylic acid groups (broad SMARTS) is 1. The third kappa shape index (κ3) is 4.79. The van der Waals surface area contributed by atoms with Gasteiger partial charge < -0.3 is 20.5 Å². The molecule has 3 N–H and O–H groups in total. The maximum atomic E-state index is 12.4. The zero-order chi connectivity index (χ0) is 17.6. The van der Waals surface area contributed by atoms with Crippen molar-refractivity contribution in [2.24, 2.45) is 0 Å². The van der Waals surface area contributed by atoms with Crippen molar-refractivity contribution in [2.45, 2.75) is 37.8 Å². The Labute approximate surface area is 140 Å². The first-order valence-corrected chi connectivity index (χ1v) is 7.89. The molecule has 1 aliphatic rings. The third-order valence-electron chi connectivity index (χ3n) is 4.10. The molecule has 1 aromatic carbocycles. The SMILES string of the molecule is CC(NC(=O)c1ccccc1)C(=O)NC1(CC(=O)O)CCOCC1. The van der Waals surface area contributed by atoms with Crippen LogP contribution in [-0.2, 0) is 14.3 Å².